The highest BCUT2D eigenvalue weighted by molar-refractivity contribution is 5.66. The van der Waals surface area contributed by atoms with Gasteiger partial charge in [-0.3, -0.25) is 4.79 Å². The minimum atomic E-state index is -0.867. The number of para-hydroxylation sites is 2. The molecule has 0 saturated carbocycles. The number of hydrogen-bond acceptors (Lipinski definition) is 4. The van der Waals surface area contributed by atoms with Gasteiger partial charge in [-0.05, 0) is 12.1 Å². The van der Waals surface area contributed by atoms with Gasteiger partial charge in [-0.15, -0.1) is 0 Å². The number of anilines is 1. The van der Waals surface area contributed by atoms with Gasteiger partial charge in [-0.1, -0.05) is 12.1 Å². The van der Waals surface area contributed by atoms with Crippen molar-refractivity contribution in [2.24, 2.45) is 0 Å². The molecule has 0 amide bonds. The van der Waals surface area contributed by atoms with Crippen LogP contribution in [0.25, 0.3) is 0 Å². The molecule has 0 unspecified atom stereocenters. The molecule has 0 aliphatic carbocycles. The topological polar surface area (TPSA) is 81.8 Å². The van der Waals surface area contributed by atoms with Gasteiger partial charge in [0.15, 0.2) is 0 Å². The lowest BCUT2D eigenvalue weighted by molar-refractivity contribution is -0.138. The molecule has 0 saturated heterocycles. The fraction of sp³-hybridized carbons (Fsp3) is 0.364. The maximum absolute atomic E-state index is 10.2. The number of nitrogen functional groups attached to an aromatic ring is 1. The van der Waals surface area contributed by atoms with Gasteiger partial charge in [0.2, 0.25) is 0 Å². The summed E-state index contributed by atoms with van der Waals surface area (Å²) >= 11 is 0. The lowest BCUT2D eigenvalue weighted by atomic mass is 10.3. The molecule has 88 valence electrons. The largest absolute Gasteiger partial charge is 0.489 e. The normalized spacial score (nSPS) is 10.0. The molecule has 0 atom stereocenters. The minimum absolute atomic E-state index is 0.00742. The first-order chi connectivity index (χ1) is 7.70. The average Bonchev–Trinajstić information content (AvgIpc) is 2.25. The summed E-state index contributed by atoms with van der Waals surface area (Å²) in [6, 6.07) is 7.18. The van der Waals surface area contributed by atoms with Gasteiger partial charge >= 0.3 is 5.97 Å². The lowest BCUT2D eigenvalue weighted by Gasteiger charge is -2.08. The average molecular weight is 225 g/mol. The molecule has 0 aliphatic rings. The Morgan fingerprint density at radius 2 is 2.00 bits per heavy atom. The van der Waals surface area contributed by atoms with E-state index in [9.17, 15) is 4.79 Å². The molecule has 0 aliphatic heterocycles. The summed E-state index contributed by atoms with van der Waals surface area (Å²) in [7, 11) is 0. The van der Waals surface area contributed by atoms with Crippen LogP contribution in [-0.2, 0) is 9.53 Å². The van der Waals surface area contributed by atoms with Crippen molar-refractivity contribution in [2.45, 2.75) is 6.42 Å². The van der Waals surface area contributed by atoms with Crippen molar-refractivity contribution < 1.29 is 19.4 Å². The van der Waals surface area contributed by atoms with Crippen LogP contribution in [0.2, 0.25) is 0 Å². The van der Waals surface area contributed by atoms with Crippen molar-refractivity contribution in [2.75, 3.05) is 25.6 Å². The van der Waals surface area contributed by atoms with Crippen LogP contribution in [-0.4, -0.2) is 30.9 Å². The predicted molar refractivity (Wildman–Crippen MR) is 59.4 cm³/mol. The molecule has 0 spiro atoms. The Morgan fingerprint density at radius 1 is 1.25 bits per heavy atom. The number of aliphatic carboxylic acids is 1. The second-order valence-electron chi connectivity index (χ2n) is 3.14. The fourth-order valence-corrected chi connectivity index (χ4v) is 1.08. The number of carboxylic acid groups (broad SMARTS) is 1. The first-order valence-electron chi connectivity index (χ1n) is 4.97. The van der Waals surface area contributed by atoms with Gasteiger partial charge in [0.25, 0.3) is 0 Å². The highest BCUT2D eigenvalue weighted by Gasteiger charge is 1.99. The smallest absolute Gasteiger partial charge is 0.305 e. The third-order valence-corrected chi connectivity index (χ3v) is 1.86. The molecule has 5 nitrogen and oxygen atoms in total. The maximum atomic E-state index is 10.2. The van der Waals surface area contributed by atoms with E-state index in [1.165, 1.54) is 0 Å². The molecule has 0 bridgehead atoms. The summed E-state index contributed by atoms with van der Waals surface area (Å²) in [6.45, 7) is 0.901. The van der Waals surface area contributed by atoms with Crippen LogP contribution >= 0.6 is 0 Å². The Balaban J connectivity index is 2.12. The summed E-state index contributed by atoms with van der Waals surface area (Å²) in [5.74, 6) is -0.252. The van der Waals surface area contributed by atoms with E-state index < -0.39 is 5.97 Å². The fourth-order valence-electron chi connectivity index (χ4n) is 1.08. The number of ether oxygens (including phenoxy) is 2. The molecule has 16 heavy (non-hydrogen) atoms. The molecular formula is C11H15NO4. The second-order valence-corrected chi connectivity index (χ2v) is 3.14. The van der Waals surface area contributed by atoms with E-state index in [1.807, 2.05) is 12.1 Å². The summed E-state index contributed by atoms with van der Waals surface area (Å²) < 4.78 is 10.4. The van der Waals surface area contributed by atoms with Crippen LogP contribution < -0.4 is 10.5 Å². The van der Waals surface area contributed by atoms with E-state index in [0.29, 0.717) is 24.7 Å². The Labute approximate surface area is 93.8 Å². The third-order valence-electron chi connectivity index (χ3n) is 1.86. The zero-order valence-corrected chi connectivity index (χ0v) is 8.89. The maximum Gasteiger partial charge on any atom is 0.305 e. The predicted octanol–water partition coefficient (Wildman–Crippen LogP) is 1.14. The van der Waals surface area contributed by atoms with Crippen LogP contribution in [0.15, 0.2) is 24.3 Å². The number of carbonyl (C=O) groups is 1. The summed E-state index contributed by atoms with van der Waals surface area (Å²) in [5.41, 5.74) is 6.23. The summed E-state index contributed by atoms with van der Waals surface area (Å²) in [6.07, 6.45) is 0.00742. The molecule has 5 heteroatoms. The van der Waals surface area contributed by atoms with E-state index in [-0.39, 0.29) is 13.0 Å². The monoisotopic (exact) mass is 225 g/mol. The molecular weight excluding hydrogens is 210 g/mol. The minimum Gasteiger partial charge on any atom is -0.489 e. The van der Waals surface area contributed by atoms with Crippen molar-refractivity contribution in [3.05, 3.63) is 24.3 Å². The van der Waals surface area contributed by atoms with Crippen LogP contribution in [0.5, 0.6) is 5.75 Å². The summed E-state index contributed by atoms with van der Waals surface area (Å²) in [5, 5.41) is 8.36. The SMILES string of the molecule is Nc1ccccc1OCCOCCC(=O)O. The van der Waals surface area contributed by atoms with Gasteiger partial charge in [0, 0.05) is 0 Å². The Hall–Kier alpha value is -1.75. The van der Waals surface area contributed by atoms with Crippen LogP contribution in [0.3, 0.4) is 0 Å². The molecule has 0 heterocycles. The first kappa shape index (κ1) is 12.3. The van der Waals surface area contributed by atoms with Crippen molar-refractivity contribution in [3.8, 4) is 5.75 Å². The van der Waals surface area contributed by atoms with Crippen molar-refractivity contribution in [1.82, 2.24) is 0 Å². The van der Waals surface area contributed by atoms with Gasteiger partial charge in [-0.2, -0.15) is 0 Å². The Bertz CT molecular complexity index is 341. The van der Waals surface area contributed by atoms with Gasteiger partial charge in [0.1, 0.15) is 12.4 Å². The van der Waals surface area contributed by atoms with E-state index in [4.69, 9.17) is 20.3 Å². The highest BCUT2D eigenvalue weighted by Crippen LogP contribution is 2.19. The molecule has 1 aromatic rings. The number of nitrogens with two attached hydrogens (primary N) is 1. The molecule has 3 N–H and O–H groups in total. The second kappa shape index (κ2) is 6.68. The molecule has 1 aromatic carbocycles. The molecule has 0 aromatic heterocycles. The van der Waals surface area contributed by atoms with Crippen LogP contribution in [0.4, 0.5) is 5.69 Å². The quantitative estimate of drug-likeness (QED) is 0.537. The molecule has 1 rings (SSSR count). The van der Waals surface area contributed by atoms with Crippen molar-refractivity contribution in [1.29, 1.82) is 0 Å². The Kier molecular flexibility index (Phi) is 5.15. The van der Waals surface area contributed by atoms with E-state index in [0.717, 1.165) is 0 Å². The zero-order chi connectivity index (χ0) is 11.8. The van der Waals surface area contributed by atoms with E-state index in [2.05, 4.69) is 0 Å². The Morgan fingerprint density at radius 3 is 2.69 bits per heavy atom. The standard InChI is InChI=1S/C11H15NO4/c12-9-3-1-2-4-10(9)16-8-7-15-6-5-11(13)14/h1-4H,5-8,12H2,(H,13,14). The van der Waals surface area contributed by atoms with Gasteiger partial charge in [0.05, 0.1) is 25.3 Å². The number of rotatable bonds is 7. The van der Waals surface area contributed by atoms with Gasteiger partial charge in [-0.25, -0.2) is 0 Å². The zero-order valence-electron chi connectivity index (χ0n) is 8.89. The number of hydrogen-bond donors (Lipinski definition) is 2. The molecule has 0 fully saturated rings. The number of carboxylic acids is 1. The third kappa shape index (κ3) is 4.65. The van der Waals surface area contributed by atoms with Crippen molar-refractivity contribution in [3.63, 3.8) is 0 Å². The van der Waals surface area contributed by atoms with E-state index >= 15 is 0 Å². The summed E-state index contributed by atoms with van der Waals surface area (Å²) in [4.78, 5) is 10.2. The van der Waals surface area contributed by atoms with Crippen LogP contribution in [0, 0.1) is 0 Å². The first-order valence-corrected chi connectivity index (χ1v) is 4.97. The van der Waals surface area contributed by atoms with Crippen LogP contribution in [0.1, 0.15) is 6.42 Å². The number of benzene rings is 1. The highest BCUT2D eigenvalue weighted by atomic mass is 16.5. The van der Waals surface area contributed by atoms with E-state index in [1.54, 1.807) is 12.1 Å². The van der Waals surface area contributed by atoms with Crippen molar-refractivity contribution >= 4 is 11.7 Å². The van der Waals surface area contributed by atoms with Gasteiger partial charge < -0.3 is 20.3 Å². The molecule has 0 radical (unpaired) electrons. The lowest BCUT2D eigenvalue weighted by Crippen LogP contribution is -2.10.